The Labute approximate surface area is 97.4 Å². The third-order valence-corrected chi connectivity index (χ3v) is 2.41. The lowest BCUT2D eigenvalue weighted by molar-refractivity contribution is -0.137. The van der Waals surface area contributed by atoms with Crippen molar-refractivity contribution in [3.05, 3.63) is 34.9 Å². The van der Waals surface area contributed by atoms with Gasteiger partial charge in [-0.05, 0) is 23.6 Å². The van der Waals surface area contributed by atoms with Crippen LogP contribution < -0.4 is 0 Å². The lowest BCUT2D eigenvalue weighted by Gasteiger charge is -2.14. The molecule has 0 fully saturated rings. The van der Waals surface area contributed by atoms with E-state index in [-0.39, 0.29) is 11.5 Å². The van der Waals surface area contributed by atoms with E-state index >= 15 is 0 Å². The van der Waals surface area contributed by atoms with Crippen molar-refractivity contribution >= 4 is 5.97 Å². The number of carbonyl (C=O) groups is 1. The number of benzene rings is 1. The average Bonchev–Trinajstić information content (AvgIpc) is 2.25. The summed E-state index contributed by atoms with van der Waals surface area (Å²) in [5, 5.41) is 0. The zero-order valence-corrected chi connectivity index (χ0v) is 9.76. The second-order valence-electron chi connectivity index (χ2n) is 3.95. The molecule has 0 unspecified atom stereocenters. The van der Waals surface area contributed by atoms with Gasteiger partial charge in [-0.15, -0.1) is 0 Å². The molecule has 1 rings (SSSR count). The second kappa shape index (κ2) is 4.77. The Balaban J connectivity index is 3.34. The number of hydrogen-bond acceptors (Lipinski definition) is 2. The first-order valence-electron chi connectivity index (χ1n) is 5.06. The molecule has 5 heteroatoms. The van der Waals surface area contributed by atoms with Crippen LogP contribution in [-0.4, -0.2) is 13.1 Å². The van der Waals surface area contributed by atoms with Crippen molar-refractivity contribution < 1.29 is 22.7 Å². The molecule has 0 aromatic heterocycles. The second-order valence-corrected chi connectivity index (χ2v) is 3.95. The van der Waals surface area contributed by atoms with Crippen LogP contribution in [0.3, 0.4) is 0 Å². The Hall–Kier alpha value is -1.52. The lowest BCUT2D eigenvalue weighted by Crippen LogP contribution is -2.11. The Morgan fingerprint density at radius 3 is 2.29 bits per heavy atom. The van der Waals surface area contributed by atoms with Gasteiger partial charge in [-0.2, -0.15) is 13.2 Å². The molecule has 0 saturated carbocycles. The first-order valence-corrected chi connectivity index (χ1v) is 5.06. The van der Waals surface area contributed by atoms with Gasteiger partial charge in [0.15, 0.2) is 0 Å². The SMILES string of the molecule is COC(=O)c1cc(C(F)(F)F)ccc1C(C)C. The van der Waals surface area contributed by atoms with Crippen molar-refractivity contribution in [1.29, 1.82) is 0 Å². The zero-order valence-electron chi connectivity index (χ0n) is 9.76. The van der Waals surface area contributed by atoms with E-state index in [1.807, 2.05) is 0 Å². The molecular weight excluding hydrogens is 233 g/mol. The highest BCUT2D eigenvalue weighted by Crippen LogP contribution is 2.32. The molecule has 17 heavy (non-hydrogen) atoms. The van der Waals surface area contributed by atoms with Gasteiger partial charge in [-0.1, -0.05) is 19.9 Å². The van der Waals surface area contributed by atoms with Crippen LogP contribution in [0.2, 0.25) is 0 Å². The van der Waals surface area contributed by atoms with E-state index in [2.05, 4.69) is 4.74 Å². The molecule has 0 aliphatic carbocycles. The van der Waals surface area contributed by atoms with Crippen LogP contribution in [-0.2, 0) is 10.9 Å². The summed E-state index contributed by atoms with van der Waals surface area (Å²) < 4.78 is 42.0. The van der Waals surface area contributed by atoms with Gasteiger partial charge in [0.05, 0.1) is 18.2 Å². The molecule has 94 valence electrons. The topological polar surface area (TPSA) is 26.3 Å². The van der Waals surface area contributed by atoms with E-state index in [1.54, 1.807) is 13.8 Å². The highest BCUT2D eigenvalue weighted by molar-refractivity contribution is 5.91. The van der Waals surface area contributed by atoms with E-state index in [0.29, 0.717) is 5.56 Å². The third kappa shape index (κ3) is 2.99. The Morgan fingerprint density at radius 1 is 1.29 bits per heavy atom. The summed E-state index contributed by atoms with van der Waals surface area (Å²) in [5.74, 6) is -0.800. The Morgan fingerprint density at radius 2 is 1.88 bits per heavy atom. The van der Waals surface area contributed by atoms with Crippen LogP contribution >= 0.6 is 0 Å². The van der Waals surface area contributed by atoms with Gasteiger partial charge in [-0.3, -0.25) is 0 Å². The van der Waals surface area contributed by atoms with Crippen molar-refractivity contribution in [1.82, 2.24) is 0 Å². The maximum Gasteiger partial charge on any atom is 0.416 e. The minimum atomic E-state index is -4.46. The van der Waals surface area contributed by atoms with Crippen LogP contribution in [0.4, 0.5) is 13.2 Å². The van der Waals surface area contributed by atoms with Gasteiger partial charge in [0.25, 0.3) is 0 Å². The van der Waals surface area contributed by atoms with Crippen LogP contribution in [0.25, 0.3) is 0 Å². The number of ether oxygens (including phenoxy) is 1. The number of rotatable bonds is 2. The van der Waals surface area contributed by atoms with E-state index in [9.17, 15) is 18.0 Å². The summed E-state index contributed by atoms with van der Waals surface area (Å²) in [4.78, 5) is 11.4. The van der Waals surface area contributed by atoms with Crippen molar-refractivity contribution in [2.24, 2.45) is 0 Å². The normalized spacial score (nSPS) is 11.7. The summed E-state index contributed by atoms with van der Waals surface area (Å²) >= 11 is 0. The largest absolute Gasteiger partial charge is 0.465 e. The summed E-state index contributed by atoms with van der Waals surface area (Å²) in [7, 11) is 1.15. The van der Waals surface area contributed by atoms with Gasteiger partial charge in [0.1, 0.15) is 0 Å². The molecule has 0 heterocycles. The first kappa shape index (κ1) is 13.5. The molecule has 0 radical (unpaired) electrons. The van der Waals surface area contributed by atoms with E-state index in [0.717, 1.165) is 19.2 Å². The Bertz CT molecular complexity index is 422. The average molecular weight is 246 g/mol. The molecule has 0 aliphatic rings. The van der Waals surface area contributed by atoms with Gasteiger partial charge < -0.3 is 4.74 Å². The fourth-order valence-corrected chi connectivity index (χ4v) is 1.52. The monoisotopic (exact) mass is 246 g/mol. The van der Waals surface area contributed by atoms with Gasteiger partial charge >= 0.3 is 12.1 Å². The standard InChI is InChI=1S/C12H13F3O2/c1-7(2)9-5-4-8(12(13,14)15)6-10(9)11(16)17-3/h4-7H,1-3H3. The fourth-order valence-electron chi connectivity index (χ4n) is 1.52. The minimum absolute atomic E-state index is 0.0303. The van der Waals surface area contributed by atoms with Crippen LogP contribution in [0.1, 0.15) is 41.3 Å². The third-order valence-electron chi connectivity index (χ3n) is 2.41. The Kier molecular flexibility index (Phi) is 3.80. The van der Waals surface area contributed by atoms with Crippen LogP contribution in [0, 0.1) is 0 Å². The maximum atomic E-state index is 12.5. The smallest absolute Gasteiger partial charge is 0.416 e. The van der Waals surface area contributed by atoms with Gasteiger partial charge in [0.2, 0.25) is 0 Å². The van der Waals surface area contributed by atoms with Crippen molar-refractivity contribution in [3.63, 3.8) is 0 Å². The highest BCUT2D eigenvalue weighted by Gasteiger charge is 2.32. The number of alkyl halides is 3. The predicted molar refractivity (Wildman–Crippen MR) is 56.9 cm³/mol. The zero-order chi connectivity index (χ0) is 13.2. The molecular formula is C12H13F3O2. The van der Waals surface area contributed by atoms with Crippen molar-refractivity contribution in [3.8, 4) is 0 Å². The summed E-state index contributed by atoms with van der Waals surface area (Å²) in [6.45, 7) is 3.60. The van der Waals surface area contributed by atoms with E-state index in [4.69, 9.17) is 0 Å². The lowest BCUT2D eigenvalue weighted by atomic mass is 9.95. The summed E-state index contributed by atoms with van der Waals surface area (Å²) in [5.41, 5.74) is -0.329. The highest BCUT2D eigenvalue weighted by atomic mass is 19.4. The van der Waals surface area contributed by atoms with Crippen molar-refractivity contribution in [2.75, 3.05) is 7.11 Å². The van der Waals surface area contributed by atoms with Gasteiger partial charge in [0, 0.05) is 0 Å². The van der Waals surface area contributed by atoms with E-state index in [1.165, 1.54) is 6.07 Å². The van der Waals surface area contributed by atoms with Crippen LogP contribution in [0.5, 0.6) is 0 Å². The quantitative estimate of drug-likeness (QED) is 0.745. The molecule has 0 N–H and O–H groups in total. The van der Waals surface area contributed by atoms with E-state index < -0.39 is 17.7 Å². The molecule has 1 aromatic carbocycles. The fraction of sp³-hybridized carbons (Fsp3) is 0.417. The molecule has 2 nitrogen and oxygen atoms in total. The molecule has 0 aliphatic heterocycles. The van der Waals surface area contributed by atoms with Gasteiger partial charge in [-0.25, -0.2) is 4.79 Å². The molecule has 0 bridgehead atoms. The number of carbonyl (C=O) groups excluding carboxylic acids is 1. The van der Waals surface area contributed by atoms with Crippen LogP contribution in [0.15, 0.2) is 18.2 Å². The van der Waals surface area contributed by atoms with Crippen molar-refractivity contribution in [2.45, 2.75) is 25.9 Å². The number of hydrogen-bond donors (Lipinski definition) is 0. The molecule has 0 saturated heterocycles. The number of esters is 1. The molecule has 0 atom stereocenters. The molecule has 1 aromatic rings. The predicted octanol–water partition coefficient (Wildman–Crippen LogP) is 3.62. The summed E-state index contributed by atoms with van der Waals surface area (Å²) in [6, 6.07) is 3.13. The minimum Gasteiger partial charge on any atom is -0.465 e. The number of halogens is 3. The number of methoxy groups -OCH3 is 1. The first-order chi connectivity index (χ1) is 7.77. The molecule has 0 spiro atoms. The molecule has 0 amide bonds. The maximum absolute atomic E-state index is 12.5. The summed E-state index contributed by atoms with van der Waals surface area (Å²) in [6.07, 6.45) is -4.46.